The van der Waals surface area contributed by atoms with Crippen molar-refractivity contribution >= 4 is 150 Å². The van der Waals surface area contributed by atoms with Crippen molar-refractivity contribution in [1.29, 1.82) is 5.26 Å². The van der Waals surface area contributed by atoms with Crippen molar-refractivity contribution in [1.82, 2.24) is 28.2 Å². The third-order valence-electron chi connectivity index (χ3n) is 17.2. The van der Waals surface area contributed by atoms with Gasteiger partial charge >= 0.3 is 0 Å². The fraction of sp³-hybridized carbons (Fsp3) is 0.0274. The van der Waals surface area contributed by atoms with Gasteiger partial charge in [0.15, 0.2) is 0 Å². The Balaban J connectivity index is 1.21. The van der Waals surface area contributed by atoms with Gasteiger partial charge in [0, 0.05) is 92.0 Å². The maximum Gasteiger partial charge on any atom is 0.104 e. The first kappa shape index (κ1) is 45.5. The van der Waals surface area contributed by atoms with Gasteiger partial charge < -0.3 is 18.3 Å². The molecule has 0 saturated carbocycles. The molecule has 18 aromatic rings. The standard InChI is InChI=1S/C73H43N7S2/c1-41-35-42(2)37-43(36-41)65-70(77-57-21-9-3-15-44(57)48-31-33-75-39-61(48)77)66(79-59-23-11-5-17-46(59)52-27-29-54-50-19-7-13-25-63(50)81-72(54)68(52)79)56(38-74)67(71(65)78-58-22-10-4-16-45(58)49-32-34-76-40-62(49)78)80-60-24-12-6-18-47(60)53-28-30-55-51-20-8-14-26-64(51)82-73(55)69(53)80/h3-37,39-40H,1-2H3. The Kier molecular flexibility index (Phi) is 9.34. The molecule has 0 aliphatic rings. The quantitative estimate of drug-likeness (QED) is 0.172. The number of aryl methyl sites for hydroxylation is 2. The van der Waals surface area contributed by atoms with E-state index in [9.17, 15) is 5.26 Å². The van der Waals surface area contributed by atoms with E-state index < -0.39 is 0 Å². The molecule has 0 saturated heterocycles. The van der Waals surface area contributed by atoms with E-state index in [4.69, 9.17) is 9.97 Å². The summed E-state index contributed by atoms with van der Waals surface area (Å²) in [6, 6.07) is 76.1. The van der Waals surface area contributed by atoms with Crippen molar-refractivity contribution in [3.63, 3.8) is 0 Å². The minimum Gasteiger partial charge on any atom is -0.305 e. The predicted octanol–water partition coefficient (Wildman–Crippen LogP) is 19.8. The van der Waals surface area contributed by atoms with E-state index in [1.165, 1.54) is 30.9 Å². The first-order valence-corrected chi connectivity index (χ1v) is 29.2. The predicted molar refractivity (Wildman–Crippen MR) is 345 cm³/mol. The highest BCUT2D eigenvalue weighted by Crippen LogP contribution is 2.54. The Labute approximate surface area is 476 Å². The van der Waals surface area contributed by atoms with E-state index in [-0.39, 0.29) is 0 Å². The zero-order valence-electron chi connectivity index (χ0n) is 44.3. The van der Waals surface area contributed by atoms with Gasteiger partial charge in [-0.15, -0.1) is 22.7 Å². The molecule has 0 spiro atoms. The van der Waals surface area contributed by atoms with Crippen LogP contribution >= 0.6 is 22.7 Å². The maximum atomic E-state index is 13.3. The van der Waals surface area contributed by atoms with Crippen molar-refractivity contribution in [3.05, 3.63) is 242 Å². The molecular weight excluding hydrogens is 1040 g/mol. The van der Waals surface area contributed by atoms with Crippen molar-refractivity contribution in [3.8, 4) is 39.9 Å². The van der Waals surface area contributed by atoms with Crippen LogP contribution in [0.3, 0.4) is 0 Å². The summed E-state index contributed by atoms with van der Waals surface area (Å²) in [5.74, 6) is 0. The number of hydrogen-bond acceptors (Lipinski definition) is 5. The Bertz CT molecular complexity index is 5440. The van der Waals surface area contributed by atoms with E-state index in [0.717, 1.165) is 142 Å². The number of hydrogen-bond donors (Lipinski definition) is 0. The Morgan fingerprint density at radius 1 is 0.354 bits per heavy atom. The van der Waals surface area contributed by atoms with E-state index in [0.29, 0.717) is 5.56 Å². The average molecular weight is 1080 g/mol. The van der Waals surface area contributed by atoms with Crippen LogP contribution in [-0.2, 0) is 0 Å². The number of rotatable bonds is 5. The van der Waals surface area contributed by atoms with Crippen LogP contribution in [0.15, 0.2) is 225 Å². The summed E-state index contributed by atoms with van der Waals surface area (Å²) in [5, 5.41) is 26.8. The molecule has 0 amide bonds. The van der Waals surface area contributed by atoms with Gasteiger partial charge in [0.05, 0.1) is 88.7 Å². The minimum absolute atomic E-state index is 0.518. The third kappa shape index (κ3) is 6.01. The number of pyridine rings is 2. The molecule has 0 unspecified atom stereocenters. The highest BCUT2D eigenvalue weighted by molar-refractivity contribution is 7.27. The fourth-order valence-electron chi connectivity index (χ4n) is 14.1. The monoisotopic (exact) mass is 1080 g/mol. The zero-order chi connectivity index (χ0) is 54.1. The first-order valence-electron chi connectivity index (χ1n) is 27.6. The number of nitrogens with zero attached hydrogens (tertiary/aromatic N) is 7. The molecule has 0 aliphatic heterocycles. The molecule has 7 nitrogen and oxygen atoms in total. The summed E-state index contributed by atoms with van der Waals surface area (Å²) in [6.07, 6.45) is 7.81. The molecule has 8 aromatic heterocycles. The minimum atomic E-state index is 0.518. The molecule has 9 heteroatoms. The lowest BCUT2D eigenvalue weighted by atomic mass is 9.91. The summed E-state index contributed by atoms with van der Waals surface area (Å²) in [6.45, 7) is 4.40. The second-order valence-electron chi connectivity index (χ2n) is 21.7. The first-order chi connectivity index (χ1) is 40.5. The van der Waals surface area contributed by atoms with Gasteiger partial charge in [-0.3, -0.25) is 9.97 Å². The molecule has 82 heavy (non-hydrogen) atoms. The van der Waals surface area contributed by atoms with Gasteiger partial charge in [0.1, 0.15) is 11.6 Å². The van der Waals surface area contributed by atoms with Crippen LogP contribution in [0.2, 0.25) is 0 Å². The second kappa shape index (κ2) is 16.8. The molecular formula is C73H43N7S2. The molecule has 0 fully saturated rings. The van der Waals surface area contributed by atoms with Gasteiger partial charge in [0.25, 0.3) is 0 Å². The molecule has 382 valence electrons. The number of nitriles is 1. The largest absolute Gasteiger partial charge is 0.305 e. The molecule has 0 N–H and O–H groups in total. The van der Waals surface area contributed by atoms with Gasteiger partial charge in [-0.1, -0.05) is 163 Å². The number of para-hydroxylation sites is 4. The smallest absolute Gasteiger partial charge is 0.104 e. The number of thiophene rings is 2. The Morgan fingerprint density at radius 2 is 0.720 bits per heavy atom. The maximum absolute atomic E-state index is 13.3. The number of fused-ring (bicyclic) bond motifs is 20. The van der Waals surface area contributed by atoms with Crippen LogP contribution in [-0.4, -0.2) is 28.2 Å². The topological polar surface area (TPSA) is 69.3 Å². The zero-order valence-corrected chi connectivity index (χ0v) is 45.9. The Hall–Kier alpha value is -10.4. The Morgan fingerprint density at radius 3 is 1.16 bits per heavy atom. The van der Waals surface area contributed by atoms with Crippen LogP contribution in [0, 0.1) is 25.2 Å². The molecule has 10 aromatic carbocycles. The van der Waals surface area contributed by atoms with Crippen LogP contribution in [0.4, 0.5) is 0 Å². The summed E-state index contributed by atoms with van der Waals surface area (Å²) < 4.78 is 14.5. The molecule has 18 rings (SSSR count). The van der Waals surface area contributed by atoms with E-state index in [1.54, 1.807) is 0 Å². The summed E-state index contributed by atoms with van der Waals surface area (Å²) in [5.41, 5.74) is 16.0. The van der Waals surface area contributed by atoms with Crippen molar-refractivity contribution in [2.45, 2.75) is 13.8 Å². The molecule has 8 heterocycles. The van der Waals surface area contributed by atoms with Gasteiger partial charge in [-0.25, -0.2) is 0 Å². The van der Waals surface area contributed by atoms with E-state index >= 15 is 0 Å². The van der Waals surface area contributed by atoms with E-state index in [1.807, 2.05) is 47.5 Å². The van der Waals surface area contributed by atoms with Gasteiger partial charge in [-0.2, -0.15) is 5.26 Å². The molecule has 0 aliphatic carbocycles. The van der Waals surface area contributed by atoms with Crippen LogP contribution in [0.25, 0.3) is 161 Å². The fourth-order valence-corrected chi connectivity index (χ4v) is 16.6. The van der Waals surface area contributed by atoms with Crippen molar-refractivity contribution < 1.29 is 0 Å². The lowest BCUT2D eigenvalue weighted by molar-refractivity contribution is 1.04. The molecule has 0 bridgehead atoms. The SMILES string of the molecule is Cc1cc(C)cc(-c2c(-n3c4ccccc4c4ccncc43)c(-n3c4ccccc4c4ccc5c6ccccc6sc5c43)c(C#N)c(-n3c4ccccc4c4ccc5c6ccccc6sc5c43)c2-n2c3ccccc3c3ccncc32)c1. The second-order valence-corrected chi connectivity index (χ2v) is 23.8. The molecule has 0 atom stereocenters. The van der Waals surface area contributed by atoms with Crippen molar-refractivity contribution in [2.24, 2.45) is 0 Å². The van der Waals surface area contributed by atoms with Crippen LogP contribution in [0.5, 0.6) is 0 Å². The van der Waals surface area contributed by atoms with Gasteiger partial charge in [0.2, 0.25) is 0 Å². The normalized spacial score (nSPS) is 12.3. The highest BCUT2D eigenvalue weighted by Gasteiger charge is 2.36. The summed E-state index contributed by atoms with van der Waals surface area (Å²) in [4.78, 5) is 9.89. The molecule has 0 radical (unpaired) electrons. The van der Waals surface area contributed by atoms with Crippen LogP contribution < -0.4 is 0 Å². The lowest BCUT2D eigenvalue weighted by Gasteiger charge is -2.29. The average Bonchev–Trinajstić information content (AvgIpc) is 2.06. The van der Waals surface area contributed by atoms with Gasteiger partial charge in [-0.05, 0) is 67.9 Å². The number of benzene rings is 10. The number of aromatic nitrogens is 6. The van der Waals surface area contributed by atoms with Crippen molar-refractivity contribution in [2.75, 3.05) is 0 Å². The highest BCUT2D eigenvalue weighted by atomic mass is 32.1. The summed E-state index contributed by atoms with van der Waals surface area (Å²) >= 11 is 3.64. The summed E-state index contributed by atoms with van der Waals surface area (Å²) in [7, 11) is 0. The lowest BCUT2D eigenvalue weighted by Crippen LogP contribution is -2.16. The third-order valence-corrected chi connectivity index (χ3v) is 19.6. The van der Waals surface area contributed by atoms with Crippen LogP contribution in [0.1, 0.15) is 16.7 Å². The van der Waals surface area contributed by atoms with E-state index in [2.05, 4.69) is 238 Å².